The predicted molar refractivity (Wildman–Crippen MR) is 68.8 cm³/mol. The van der Waals surface area contributed by atoms with Crippen LogP contribution in [0.3, 0.4) is 0 Å². The lowest BCUT2D eigenvalue weighted by atomic mass is 10.1. The van der Waals surface area contributed by atoms with Gasteiger partial charge in [-0.1, -0.05) is 0 Å². The molecule has 2 rings (SSSR count). The van der Waals surface area contributed by atoms with Gasteiger partial charge in [0.25, 0.3) is 0 Å². The molecule has 1 unspecified atom stereocenters. The quantitative estimate of drug-likeness (QED) is 0.853. The monoisotopic (exact) mass is 322 g/mol. The highest BCUT2D eigenvalue weighted by atomic mass is 79.9. The van der Waals surface area contributed by atoms with E-state index in [1.165, 1.54) is 12.1 Å². The summed E-state index contributed by atoms with van der Waals surface area (Å²) in [7, 11) is 0. The van der Waals surface area contributed by atoms with Gasteiger partial charge in [0.1, 0.15) is 0 Å². The fourth-order valence-electron chi connectivity index (χ4n) is 2.11. The van der Waals surface area contributed by atoms with Crippen molar-refractivity contribution in [3.8, 4) is 0 Å². The number of nitrogens with zero attached hydrogens (tertiary/aromatic N) is 1. The van der Waals surface area contributed by atoms with Crippen LogP contribution in [0.15, 0.2) is 22.7 Å². The minimum Gasteiger partial charge on any atom is -0.365 e. The molecule has 0 radical (unpaired) electrons. The molecule has 0 spiro atoms. The van der Waals surface area contributed by atoms with Gasteiger partial charge in [0.15, 0.2) is 0 Å². The Morgan fingerprint density at radius 2 is 2.11 bits per heavy atom. The highest BCUT2D eigenvalue weighted by molar-refractivity contribution is 9.10. The van der Waals surface area contributed by atoms with Crippen LogP contribution >= 0.6 is 15.9 Å². The Bertz CT molecular complexity index is 434. The first-order chi connectivity index (χ1) is 8.39. The zero-order valence-corrected chi connectivity index (χ0v) is 11.5. The van der Waals surface area contributed by atoms with Crippen LogP contribution in [0.1, 0.15) is 12.5 Å². The Morgan fingerprint density at radius 3 is 2.72 bits per heavy atom. The molecule has 2 nitrogen and oxygen atoms in total. The topological polar surface area (TPSA) is 15.3 Å². The van der Waals surface area contributed by atoms with Crippen LogP contribution in [-0.2, 0) is 6.18 Å². The van der Waals surface area contributed by atoms with Crippen molar-refractivity contribution in [2.24, 2.45) is 0 Å². The second kappa shape index (κ2) is 5.09. The molecule has 0 saturated carbocycles. The number of anilines is 1. The molecule has 6 heteroatoms. The molecule has 1 aromatic rings. The third-order valence-electron chi connectivity index (χ3n) is 3.08. The van der Waals surface area contributed by atoms with E-state index in [-0.39, 0.29) is 6.04 Å². The first-order valence-electron chi connectivity index (χ1n) is 5.73. The second-order valence-corrected chi connectivity index (χ2v) is 5.26. The Balaban J connectivity index is 2.37. The summed E-state index contributed by atoms with van der Waals surface area (Å²) in [5.41, 5.74) is 0.00487. The third-order valence-corrected chi connectivity index (χ3v) is 3.75. The highest BCUT2D eigenvalue weighted by Crippen LogP contribution is 2.36. The molecule has 1 saturated heterocycles. The van der Waals surface area contributed by atoms with E-state index in [0.717, 1.165) is 19.2 Å². The van der Waals surface area contributed by atoms with Gasteiger partial charge in [-0.05, 0) is 41.1 Å². The lowest BCUT2D eigenvalue weighted by Gasteiger charge is -2.36. The molecule has 0 amide bonds. The van der Waals surface area contributed by atoms with E-state index in [1.54, 1.807) is 0 Å². The molecular weight excluding hydrogens is 309 g/mol. The van der Waals surface area contributed by atoms with Crippen LogP contribution in [0.25, 0.3) is 0 Å². The average Bonchev–Trinajstić information content (AvgIpc) is 2.29. The standard InChI is InChI=1S/C12H14BrF3N2/c1-8-7-17-4-5-18(8)11-6-9(12(14,15)16)2-3-10(11)13/h2-3,6,8,17H,4-5,7H2,1H3. The minimum atomic E-state index is -4.30. The van der Waals surface area contributed by atoms with Gasteiger partial charge < -0.3 is 10.2 Å². The molecule has 1 aromatic carbocycles. The number of hydrogen-bond donors (Lipinski definition) is 1. The zero-order chi connectivity index (χ0) is 13.3. The smallest absolute Gasteiger partial charge is 0.365 e. The van der Waals surface area contributed by atoms with Crippen LogP contribution in [0.4, 0.5) is 18.9 Å². The molecule has 0 aliphatic carbocycles. The first kappa shape index (κ1) is 13.7. The summed E-state index contributed by atoms with van der Waals surface area (Å²) >= 11 is 3.33. The maximum atomic E-state index is 12.7. The summed E-state index contributed by atoms with van der Waals surface area (Å²) < 4.78 is 38.9. The summed E-state index contributed by atoms with van der Waals surface area (Å²) in [6, 6.07) is 3.96. The Morgan fingerprint density at radius 1 is 1.39 bits per heavy atom. The summed E-state index contributed by atoms with van der Waals surface area (Å²) in [6.45, 7) is 4.27. The van der Waals surface area contributed by atoms with Gasteiger partial charge in [-0.2, -0.15) is 13.2 Å². The number of halogens is 4. The molecule has 18 heavy (non-hydrogen) atoms. The number of alkyl halides is 3. The van der Waals surface area contributed by atoms with E-state index in [9.17, 15) is 13.2 Å². The molecule has 1 aliphatic heterocycles. The van der Waals surface area contributed by atoms with Gasteiger partial charge >= 0.3 is 6.18 Å². The summed E-state index contributed by atoms with van der Waals surface area (Å²) in [6.07, 6.45) is -4.30. The summed E-state index contributed by atoms with van der Waals surface area (Å²) in [5.74, 6) is 0. The SMILES string of the molecule is CC1CNCCN1c1cc(C(F)(F)F)ccc1Br. The van der Waals surface area contributed by atoms with E-state index in [2.05, 4.69) is 21.2 Å². The molecule has 100 valence electrons. The lowest BCUT2D eigenvalue weighted by Crippen LogP contribution is -2.50. The second-order valence-electron chi connectivity index (χ2n) is 4.41. The molecule has 1 aliphatic rings. The largest absolute Gasteiger partial charge is 0.416 e. The normalized spacial score (nSPS) is 21.2. The van der Waals surface area contributed by atoms with Crippen molar-refractivity contribution >= 4 is 21.6 Å². The van der Waals surface area contributed by atoms with E-state index in [1.807, 2.05) is 11.8 Å². The summed E-state index contributed by atoms with van der Waals surface area (Å²) in [4.78, 5) is 2.00. The predicted octanol–water partition coefficient (Wildman–Crippen LogP) is 3.27. The van der Waals surface area contributed by atoms with Crippen molar-refractivity contribution in [1.82, 2.24) is 5.32 Å². The summed E-state index contributed by atoms with van der Waals surface area (Å²) in [5, 5.41) is 3.22. The Kier molecular flexibility index (Phi) is 3.87. The van der Waals surface area contributed by atoms with Crippen molar-refractivity contribution in [2.45, 2.75) is 19.1 Å². The maximum absolute atomic E-state index is 12.7. The van der Waals surface area contributed by atoms with E-state index < -0.39 is 11.7 Å². The van der Waals surface area contributed by atoms with Gasteiger partial charge in [0.05, 0.1) is 11.3 Å². The van der Waals surface area contributed by atoms with Crippen molar-refractivity contribution in [3.05, 3.63) is 28.2 Å². The number of rotatable bonds is 1. The molecular formula is C12H14BrF3N2. The number of hydrogen-bond acceptors (Lipinski definition) is 2. The lowest BCUT2D eigenvalue weighted by molar-refractivity contribution is -0.137. The van der Waals surface area contributed by atoms with Crippen LogP contribution in [0.5, 0.6) is 0 Å². The van der Waals surface area contributed by atoms with Crippen LogP contribution in [0.2, 0.25) is 0 Å². The molecule has 1 N–H and O–H groups in total. The number of piperazine rings is 1. The Labute approximate surface area is 112 Å². The fraction of sp³-hybridized carbons (Fsp3) is 0.500. The van der Waals surface area contributed by atoms with Crippen molar-refractivity contribution in [2.75, 3.05) is 24.5 Å². The highest BCUT2D eigenvalue weighted by Gasteiger charge is 2.32. The zero-order valence-electron chi connectivity index (χ0n) is 9.89. The number of benzene rings is 1. The van der Waals surface area contributed by atoms with Crippen molar-refractivity contribution in [3.63, 3.8) is 0 Å². The molecule has 1 atom stereocenters. The van der Waals surface area contributed by atoms with Gasteiger partial charge in [0.2, 0.25) is 0 Å². The first-order valence-corrected chi connectivity index (χ1v) is 6.53. The van der Waals surface area contributed by atoms with Gasteiger partial charge in [-0.15, -0.1) is 0 Å². The van der Waals surface area contributed by atoms with Gasteiger partial charge in [-0.3, -0.25) is 0 Å². The third kappa shape index (κ3) is 2.80. The van der Waals surface area contributed by atoms with E-state index in [4.69, 9.17) is 0 Å². The van der Waals surface area contributed by atoms with Crippen LogP contribution < -0.4 is 10.2 Å². The minimum absolute atomic E-state index is 0.179. The average molecular weight is 323 g/mol. The maximum Gasteiger partial charge on any atom is 0.416 e. The Hall–Kier alpha value is -0.750. The van der Waals surface area contributed by atoms with Crippen molar-refractivity contribution < 1.29 is 13.2 Å². The van der Waals surface area contributed by atoms with Crippen LogP contribution in [-0.4, -0.2) is 25.7 Å². The molecule has 0 bridgehead atoms. The molecule has 1 fully saturated rings. The fourth-order valence-corrected chi connectivity index (χ4v) is 2.58. The number of nitrogens with one attached hydrogen (secondary N) is 1. The van der Waals surface area contributed by atoms with Gasteiger partial charge in [-0.25, -0.2) is 0 Å². The van der Waals surface area contributed by atoms with E-state index >= 15 is 0 Å². The van der Waals surface area contributed by atoms with Crippen LogP contribution in [0, 0.1) is 0 Å². The van der Waals surface area contributed by atoms with E-state index in [0.29, 0.717) is 16.7 Å². The molecule has 0 aromatic heterocycles. The van der Waals surface area contributed by atoms with Crippen molar-refractivity contribution in [1.29, 1.82) is 0 Å². The van der Waals surface area contributed by atoms with Gasteiger partial charge in [0, 0.05) is 30.1 Å². The molecule has 1 heterocycles.